The van der Waals surface area contributed by atoms with Crippen LogP contribution in [-0.4, -0.2) is 56.7 Å². The van der Waals surface area contributed by atoms with Gasteiger partial charge in [-0.3, -0.25) is 9.69 Å². The summed E-state index contributed by atoms with van der Waals surface area (Å²) in [5, 5.41) is 4.32. The van der Waals surface area contributed by atoms with Crippen molar-refractivity contribution >= 4 is 34.8 Å². The molecule has 0 spiro atoms. The predicted octanol–water partition coefficient (Wildman–Crippen LogP) is 3.31. The Labute approximate surface area is 169 Å². The molecule has 0 radical (unpaired) electrons. The molecule has 1 saturated heterocycles. The third-order valence-corrected chi connectivity index (χ3v) is 4.91. The number of anilines is 1. The maximum atomic E-state index is 12.1. The Kier molecular flexibility index (Phi) is 7.21. The molecule has 1 aliphatic heterocycles. The predicted molar refractivity (Wildman–Crippen MR) is 110 cm³/mol. The van der Waals surface area contributed by atoms with Crippen LogP contribution in [-0.2, 0) is 4.79 Å². The molecule has 27 heavy (non-hydrogen) atoms. The van der Waals surface area contributed by atoms with E-state index in [2.05, 4.69) is 21.2 Å². The zero-order valence-corrected chi connectivity index (χ0v) is 16.5. The van der Waals surface area contributed by atoms with Crippen LogP contribution in [0.2, 0.25) is 10.0 Å². The lowest BCUT2D eigenvalue weighted by atomic mass is 10.2. The van der Waals surface area contributed by atoms with E-state index in [9.17, 15) is 4.79 Å². The number of nitrogens with zero attached hydrogens (tertiary/aromatic N) is 2. The lowest BCUT2D eigenvalue weighted by Crippen LogP contribution is -2.49. The molecule has 1 heterocycles. The summed E-state index contributed by atoms with van der Waals surface area (Å²) in [7, 11) is 0. The molecule has 0 aromatic heterocycles. The van der Waals surface area contributed by atoms with Gasteiger partial charge < -0.3 is 15.0 Å². The van der Waals surface area contributed by atoms with Crippen LogP contribution in [0.4, 0.5) is 5.69 Å². The second-order valence-electron chi connectivity index (χ2n) is 6.40. The number of benzene rings is 2. The standard InChI is InChI=1S/C20H23Cl2N3O2/c21-16-4-6-19(7-5-16)27-13-8-23-20(26)15-24-9-11-25(12-10-24)18-3-1-2-17(22)14-18/h1-7,14H,8-13,15H2,(H,23,26). The molecule has 2 aromatic carbocycles. The normalized spacial score (nSPS) is 14.8. The smallest absolute Gasteiger partial charge is 0.234 e. The number of amides is 1. The van der Waals surface area contributed by atoms with Crippen molar-refractivity contribution in [1.29, 1.82) is 0 Å². The van der Waals surface area contributed by atoms with E-state index in [0.717, 1.165) is 42.6 Å². The number of carbonyl (C=O) groups excluding carboxylic acids is 1. The lowest BCUT2D eigenvalue weighted by molar-refractivity contribution is -0.122. The Hall–Kier alpha value is -1.95. The van der Waals surface area contributed by atoms with Gasteiger partial charge in [0.1, 0.15) is 12.4 Å². The Morgan fingerprint density at radius 3 is 2.44 bits per heavy atom. The van der Waals surface area contributed by atoms with Crippen LogP contribution >= 0.6 is 23.2 Å². The van der Waals surface area contributed by atoms with Gasteiger partial charge in [0.15, 0.2) is 0 Å². The van der Waals surface area contributed by atoms with Gasteiger partial charge in [-0.2, -0.15) is 0 Å². The quantitative estimate of drug-likeness (QED) is 0.715. The first-order chi connectivity index (χ1) is 13.1. The summed E-state index contributed by atoms with van der Waals surface area (Å²) in [4.78, 5) is 16.6. The van der Waals surface area contributed by atoms with Crippen LogP contribution < -0.4 is 15.0 Å². The number of piperazine rings is 1. The van der Waals surface area contributed by atoms with Crippen LogP contribution in [0.5, 0.6) is 5.75 Å². The van der Waals surface area contributed by atoms with Crippen LogP contribution in [0.15, 0.2) is 48.5 Å². The van der Waals surface area contributed by atoms with Crippen molar-refractivity contribution in [2.75, 3.05) is 50.8 Å². The van der Waals surface area contributed by atoms with Crippen molar-refractivity contribution in [1.82, 2.24) is 10.2 Å². The van der Waals surface area contributed by atoms with Gasteiger partial charge in [-0.15, -0.1) is 0 Å². The Balaban J connectivity index is 1.33. The number of ether oxygens (including phenoxy) is 1. The number of carbonyl (C=O) groups is 1. The van der Waals surface area contributed by atoms with E-state index in [1.165, 1.54) is 0 Å². The molecule has 144 valence electrons. The lowest BCUT2D eigenvalue weighted by Gasteiger charge is -2.35. The molecule has 2 aromatic rings. The van der Waals surface area contributed by atoms with Crippen molar-refractivity contribution in [2.45, 2.75) is 0 Å². The number of hydrogen-bond donors (Lipinski definition) is 1. The maximum absolute atomic E-state index is 12.1. The summed E-state index contributed by atoms with van der Waals surface area (Å²) in [5.74, 6) is 0.761. The highest BCUT2D eigenvalue weighted by Gasteiger charge is 2.19. The summed E-state index contributed by atoms with van der Waals surface area (Å²) in [5.41, 5.74) is 1.13. The zero-order valence-electron chi connectivity index (χ0n) is 15.0. The van der Waals surface area contributed by atoms with Crippen molar-refractivity contribution in [3.63, 3.8) is 0 Å². The largest absolute Gasteiger partial charge is 0.492 e. The van der Waals surface area contributed by atoms with Gasteiger partial charge in [0.05, 0.1) is 13.1 Å². The number of nitrogens with one attached hydrogen (secondary N) is 1. The number of hydrogen-bond acceptors (Lipinski definition) is 4. The molecular weight excluding hydrogens is 385 g/mol. The van der Waals surface area contributed by atoms with Crippen molar-refractivity contribution in [3.05, 3.63) is 58.6 Å². The molecule has 0 atom stereocenters. The molecule has 1 N–H and O–H groups in total. The minimum atomic E-state index is 0.0194. The second-order valence-corrected chi connectivity index (χ2v) is 7.27. The first kappa shape index (κ1) is 19.8. The summed E-state index contributed by atoms with van der Waals surface area (Å²) in [6.07, 6.45) is 0. The fourth-order valence-electron chi connectivity index (χ4n) is 2.99. The third-order valence-electron chi connectivity index (χ3n) is 4.42. The third kappa shape index (κ3) is 6.31. The summed E-state index contributed by atoms with van der Waals surface area (Å²) in [6.45, 7) is 4.77. The minimum absolute atomic E-state index is 0.0194. The fourth-order valence-corrected chi connectivity index (χ4v) is 3.30. The van der Waals surface area contributed by atoms with Gasteiger partial charge in [-0.1, -0.05) is 29.3 Å². The molecule has 5 nitrogen and oxygen atoms in total. The van der Waals surface area contributed by atoms with Gasteiger partial charge in [0.2, 0.25) is 5.91 Å². The summed E-state index contributed by atoms with van der Waals surface area (Å²) in [6, 6.07) is 15.1. The molecule has 0 bridgehead atoms. The highest BCUT2D eigenvalue weighted by atomic mass is 35.5. The summed E-state index contributed by atoms with van der Waals surface area (Å²) >= 11 is 11.9. The minimum Gasteiger partial charge on any atom is -0.492 e. The van der Waals surface area contributed by atoms with Crippen molar-refractivity contribution < 1.29 is 9.53 Å². The Bertz CT molecular complexity index is 747. The number of rotatable bonds is 7. The molecule has 7 heteroatoms. The zero-order chi connectivity index (χ0) is 19.1. The van der Waals surface area contributed by atoms with Crippen LogP contribution in [0, 0.1) is 0 Å². The van der Waals surface area contributed by atoms with Crippen LogP contribution in [0.25, 0.3) is 0 Å². The topological polar surface area (TPSA) is 44.8 Å². The molecule has 1 fully saturated rings. The van der Waals surface area contributed by atoms with Crippen molar-refractivity contribution in [3.8, 4) is 5.75 Å². The molecule has 1 aliphatic rings. The SMILES string of the molecule is O=C(CN1CCN(c2cccc(Cl)c2)CC1)NCCOc1ccc(Cl)cc1. The van der Waals surface area contributed by atoms with E-state index in [0.29, 0.717) is 24.7 Å². The van der Waals surface area contributed by atoms with E-state index < -0.39 is 0 Å². The Morgan fingerprint density at radius 1 is 1.00 bits per heavy atom. The van der Waals surface area contributed by atoms with Crippen LogP contribution in [0.1, 0.15) is 0 Å². The van der Waals surface area contributed by atoms with Gasteiger partial charge in [-0.25, -0.2) is 0 Å². The van der Waals surface area contributed by atoms with Gasteiger partial charge in [0.25, 0.3) is 0 Å². The molecule has 0 unspecified atom stereocenters. The van der Waals surface area contributed by atoms with E-state index in [-0.39, 0.29) is 5.91 Å². The van der Waals surface area contributed by atoms with Crippen molar-refractivity contribution in [2.24, 2.45) is 0 Å². The van der Waals surface area contributed by atoms with Gasteiger partial charge in [0, 0.05) is 41.9 Å². The molecular formula is C20H23Cl2N3O2. The summed E-state index contributed by atoms with van der Waals surface area (Å²) < 4.78 is 5.57. The second kappa shape index (κ2) is 9.83. The monoisotopic (exact) mass is 407 g/mol. The molecule has 0 aliphatic carbocycles. The molecule has 0 saturated carbocycles. The highest BCUT2D eigenvalue weighted by molar-refractivity contribution is 6.31. The first-order valence-corrected chi connectivity index (χ1v) is 9.74. The first-order valence-electron chi connectivity index (χ1n) is 8.98. The van der Waals surface area contributed by atoms with Crippen LogP contribution in [0.3, 0.4) is 0 Å². The maximum Gasteiger partial charge on any atom is 0.234 e. The molecule has 3 rings (SSSR count). The average molecular weight is 408 g/mol. The van der Waals surface area contributed by atoms with E-state index >= 15 is 0 Å². The van der Waals surface area contributed by atoms with Gasteiger partial charge in [-0.05, 0) is 42.5 Å². The molecule has 1 amide bonds. The van der Waals surface area contributed by atoms with E-state index in [4.69, 9.17) is 27.9 Å². The van der Waals surface area contributed by atoms with E-state index in [1.807, 2.05) is 30.3 Å². The van der Waals surface area contributed by atoms with E-state index in [1.54, 1.807) is 12.1 Å². The Morgan fingerprint density at radius 2 is 1.74 bits per heavy atom. The highest BCUT2D eigenvalue weighted by Crippen LogP contribution is 2.20. The average Bonchev–Trinajstić information content (AvgIpc) is 2.67. The van der Waals surface area contributed by atoms with Gasteiger partial charge >= 0.3 is 0 Å². The number of halogens is 2. The fraction of sp³-hybridized carbons (Fsp3) is 0.350.